The first-order valence-electron chi connectivity index (χ1n) is 12.6. The standard InChI is InChI=1S/C26H48O4/c1-3-4-5-6-7-8-9-10-11-12-13-15-18-21-25(30-24(2)27)22-19-16-14-17-20-23-26(28)29/h12-13,25H,3-11,14-23H2,1-2H3,(H,28,29)/b13-12-. The van der Waals surface area contributed by atoms with E-state index < -0.39 is 5.97 Å². The lowest BCUT2D eigenvalue weighted by atomic mass is 10.0. The van der Waals surface area contributed by atoms with Gasteiger partial charge in [-0.1, -0.05) is 83.3 Å². The number of carbonyl (C=O) groups is 2. The molecule has 0 spiro atoms. The van der Waals surface area contributed by atoms with E-state index in [9.17, 15) is 9.59 Å². The number of ether oxygens (including phenoxy) is 1. The molecule has 0 aliphatic carbocycles. The summed E-state index contributed by atoms with van der Waals surface area (Å²) >= 11 is 0. The van der Waals surface area contributed by atoms with Gasteiger partial charge in [0.15, 0.2) is 0 Å². The molecule has 0 aromatic carbocycles. The maximum absolute atomic E-state index is 11.3. The van der Waals surface area contributed by atoms with Gasteiger partial charge < -0.3 is 9.84 Å². The Hall–Kier alpha value is -1.32. The number of rotatable bonds is 22. The van der Waals surface area contributed by atoms with Crippen LogP contribution in [-0.4, -0.2) is 23.1 Å². The average molecular weight is 425 g/mol. The number of hydrogen-bond acceptors (Lipinski definition) is 3. The zero-order valence-corrected chi connectivity index (χ0v) is 19.8. The maximum Gasteiger partial charge on any atom is 0.303 e. The number of carboxylic acids is 1. The summed E-state index contributed by atoms with van der Waals surface area (Å²) in [6.45, 7) is 3.75. The van der Waals surface area contributed by atoms with Gasteiger partial charge in [-0.2, -0.15) is 0 Å². The summed E-state index contributed by atoms with van der Waals surface area (Å²) in [5.41, 5.74) is 0. The van der Waals surface area contributed by atoms with Crippen LogP contribution in [0.4, 0.5) is 0 Å². The average Bonchev–Trinajstić information content (AvgIpc) is 2.69. The zero-order chi connectivity index (χ0) is 22.3. The predicted octanol–water partition coefficient (Wildman–Crippen LogP) is 7.99. The molecule has 4 nitrogen and oxygen atoms in total. The molecule has 0 fully saturated rings. The van der Waals surface area contributed by atoms with E-state index in [0.29, 0.717) is 0 Å². The molecule has 176 valence electrons. The molecule has 0 aromatic heterocycles. The minimum Gasteiger partial charge on any atom is -0.481 e. The van der Waals surface area contributed by atoms with E-state index in [1.807, 2.05) is 0 Å². The maximum atomic E-state index is 11.3. The van der Waals surface area contributed by atoms with Crippen LogP contribution in [0, 0.1) is 0 Å². The first-order chi connectivity index (χ1) is 14.6. The minimum atomic E-state index is -0.711. The molecule has 1 unspecified atom stereocenters. The summed E-state index contributed by atoms with van der Waals surface area (Å²) in [6.07, 6.45) is 25.9. The number of aliphatic carboxylic acids is 1. The first kappa shape index (κ1) is 28.7. The van der Waals surface area contributed by atoms with Crippen molar-refractivity contribution in [2.45, 2.75) is 142 Å². The summed E-state index contributed by atoms with van der Waals surface area (Å²) in [6, 6.07) is 0. The first-order valence-corrected chi connectivity index (χ1v) is 12.6. The van der Waals surface area contributed by atoms with Crippen LogP contribution in [0.25, 0.3) is 0 Å². The van der Waals surface area contributed by atoms with Crippen molar-refractivity contribution in [2.75, 3.05) is 0 Å². The van der Waals surface area contributed by atoms with Crippen molar-refractivity contribution in [3.05, 3.63) is 12.2 Å². The molecule has 0 aliphatic heterocycles. The van der Waals surface area contributed by atoms with Crippen molar-refractivity contribution in [3.63, 3.8) is 0 Å². The van der Waals surface area contributed by atoms with E-state index in [-0.39, 0.29) is 18.5 Å². The van der Waals surface area contributed by atoms with Crippen molar-refractivity contribution in [1.82, 2.24) is 0 Å². The van der Waals surface area contributed by atoms with Gasteiger partial charge in [0.2, 0.25) is 0 Å². The van der Waals surface area contributed by atoms with E-state index >= 15 is 0 Å². The molecule has 0 aromatic rings. The zero-order valence-electron chi connectivity index (χ0n) is 19.8. The number of hydrogen-bond donors (Lipinski definition) is 1. The predicted molar refractivity (Wildman–Crippen MR) is 126 cm³/mol. The molecule has 1 atom stereocenters. The molecule has 4 heteroatoms. The molecular weight excluding hydrogens is 376 g/mol. The summed E-state index contributed by atoms with van der Waals surface area (Å²) < 4.78 is 5.48. The second-order valence-electron chi connectivity index (χ2n) is 8.60. The molecule has 0 saturated carbocycles. The van der Waals surface area contributed by atoms with E-state index in [1.165, 1.54) is 64.7 Å². The molecule has 0 bridgehead atoms. The fourth-order valence-corrected chi connectivity index (χ4v) is 3.77. The van der Waals surface area contributed by atoms with E-state index in [1.54, 1.807) is 0 Å². The Labute approximate surface area is 185 Å². The van der Waals surface area contributed by atoms with Gasteiger partial charge in [0.1, 0.15) is 6.10 Å². The summed E-state index contributed by atoms with van der Waals surface area (Å²) in [5.74, 6) is -0.900. The summed E-state index contributed by atoms with van der Waals surface area (Å²) in [7, 11) is 0. The van der Waals surface area contributed by atoms with Crippen LogP contribution in [0.3, 0.4) is 0 Å². The number of carbonyl (C=O) groups excluding carboxylic acids is 1. The SMILES string of the molecule is CCCCCCCCCC/C=C\CCCC(CCCCCCCC(=O)O)OC(C)=O. The second kappa shape index (κ2) is 22.4. The third-order valence-electron chi connectivity index (χ3n) is 5.54. The highest BCUT2D eigenvalue weighted by Crippen LogP contribution is 2.16. The Morgan fingerprint density at radius 3 is 1.83 bits per heavy atom. The highest BCUT2D eigenvalue weighted by Gasteiger charge is 2.11. The van der Waals surface area contributed by atoms with Crippen LogP contribution < -0.4 is 0 Å². The smallest absolute Gasteiger partial charge is 0.303 e. The number of carboxylic acid groups (broad SMARTS) is 1. The largest absolute Gasteiger partial charge is 0.481 e. The lowest BCUT2D eigenvalue weighted by Gasteiger charge is -2.16. The van der Waals surface area contributed by atoms with Crippen LogP contribution in [0.1, 0.15) is 136 Å². The van der Waals surface area contributed by atoms with E-state index in [4.69, 9.17) is 9.84 Å². The molecule has 0 rings (SSSR count). The number of esters is 1. The molecule has 0 saturated heterocycles. The van der Waals surface area contributed by atoms with Crippen LogP contribution in [-0.2, 0) is 14.3 Å². The van der Waals surface area contributed by atoms with Crippen LogP contribution in [0.5, 0.6) is 0 Å². The summed E-state index contributed by atoms with van der Waals surface area (Å²) in [5, 5.41) is 8.64. The third kappa shape index (κ3) is 23.0. The van der Waals surface area contributed by atoms with Gasteiger partial charge in [0, 0.05) is 13.3 Å². The fraction of sp³-hybridized carbons (Fsp3) is 0.846. The number of allylic oxidation sites excluding steroid dienone is 2. The molecule has 0 heterocycles. The lowest BCUT2D eigenvalue weighted by Crippen LogP contribution is -2.16. The van der Waals surface area contributed by atoms with Crippen LogP contribution >= 0.6 is 0 Å². The Balaban J connectivity index is 3.65. The van der Waals surface area contributed by atoms with Crippen LogP contribution in [0.2, 0.25) is 0 Å². The normalized spacial score (nSPS) is 12.3. The molecular formula is C26H48O4. The van der Waals surface area contributed by atoms with Gasteiger partial charge >= 0.3 is 11.9 Å². The molecule has 0 radical (unpaired) electrons. The van der Waals surface area contributed by atoms with Gasteiger partial charge in [0.25, 0.3) is 0 Å². The third-order valence-corrected chi connectivity index (χ3v) is 5.54. The molecule has 30 heavy (non-hydrogen) atoms. The van der Waals surface area contributed by atoms with Crippen molar-refractivity contribution in [1.29, 1.82) is 0 Å². The Morgan fingerprint density at radius 2 is 1.23 bits per heavy atom. The Kier molecular flexibility index (Phi) is 21.4. The Morgan fingerprint density at radius 1 is 0.733 bits per heavy atom. The molecule has 0 amide bonds. The highest BCUT2D eigenvalue weighted by atomic mass is 16.5. The van der Waals surface area contributed by atoms with Crippen molar-refractivity contribution in [2.24, 2.45) is 0 Å². The quantitative estimate of drug-likeness (QED) is 0.109. The van der Waals surface area contributed by atoms with Crippen LogP contribution in [0.15, 0.2) is 12.2 Å². The van der Waals surface area contributed by atoms with E-state index in [2.05, 4.69) is 19.1 Å². The van der Waals surface area contributed by atoms with Gasteiger partial charge in [-0.3, -0.25) is 9.59 Å². The number of unbranched alkanes of at least 4 members (excludes halogenated alkanes) is 13. The van der Waals surface area contributed by atoms with E-state index in [0.717, 1.165) is 57.8 Å². The lowest BCUT2D eigenvalue weighted by molar-refractivity contribution is -0.147. The van der Waals surface area contributed by atoms with Crippen molar-refractivity contribution in [3.8, 4) is 0 Å². The molecule has 0 aliphatic rings. The van der Waals surface area contributed by atoms with Gasteiger partial charge in [-0.25, -0.2) is 0 Å². The van der Waals surface area contributed by atoms with Crippen molar-refractivity contribution >= 4 is 11.9 Å². The minimum absolute atomic E-state index is 0.0302. The monoisotopic (exact) mass is 424 g/mol. The van der Waals surface area contributed by atoms with Gasteiger partial charge in [0.05, 0.1) is 0 Å². The van der Waals surface area contributed by atoms with Gasteiger partial charge in [-0.15, -0.1) is 0 Å². The van der Waals surface area contributed by atoms with Crippen molar-refractivity contribution < 1.29 is 19.4 Å². The molecule has 1 N–H and O–H groups in total. The highest BCUT2D eigenvalue weighted by molar-refractivity contribution is 5.66. The summed E-state index contributed by atoms with van der Waals surface area (Å²) in [4.78, 5) is 21.8. The second-order valence-corrected chi connectivity index (χ2v) is 8.60. The topological polar surface area (TPSA) is 63.6 Å². The Bertz CT molecular complexity index is 431. The van der Waals surface area contributed by atoms with Gasteiger partial charge in [-0.05, 0) is 51.4 Å². The fourth-order valence-electron chi connectivity index (χ4n) is 3.77.